The summed E-state index contributed by atoms with van der Waals surface area (Å²) in [6.07, 6.45) is 9.09. The van der Waals surface area contributed by atoms with Crippen molar-refractivity contribution < 1.29 is 9.47 Å². The number of morpholine rings is 1. The highest BCUT2D eigenvalue weighted by Gasteiger charge is 2.33. The molecule has 0 saturated carbocycles. The molecule has 4 aromatic rings. The van der Waals surface area contributed by atoms with Crippen molar-refractivity contribution in [2.75, 3.05) is 18.5 Å². The molecule has 168 valence electrons. The molecule has 0 aliphatic carbocycles. The Kier molecular flexibility index (Phi) is 5.12. The predicted molar refractivity (Wildman–Crippen MR) is 124 cm³/mol. The Balaban J connectivity index is 1.34. The average Bonchev–Trinajstić information content (AvgIpc) is 3.23. The molecule has 2 atom stereocenters. The summed E-state index contributed by atoms with van der Waals surface area (Å²) in [5.74, 6) is 1.53. The molecule has 2 N–H and O–H groups in total. The van der Waals surface area contributed by atoms with Crippen LogP contribution in [0.1, 0.15) is 18.5 Å². The fraction of sp³-hybridized carbons (Fsp3) is 0.333. The zero-order valence-corrected chi connectivity index (χ0v) is 18.3. The summed E-state index contributed by atoms with van der Waals surface area (Å²) in [5, 5.41) is 19.3. The second-order valence-corrected chi connectivity index (χ2v) is 8.67. The average molecular weight is 444 g/mol. The van der Waals surface area contributed by atoms with Crippen molar-refractivity contribution in [2.45, 2.75) is 38.0 Å². The monoisotopic (exact) mass is 443 g/mol. The number of nitrogens with zero attached hydrogens (tertiary/aromatic N) is 5. The quantitative estimate of drug-likeness (QED) is 0.485. The minimum atomic E-state index is 0.134. The maximum atomic E-state index is 6.57. The number of aromatic nitrogens is 5. The Morgan fingerprint density at radius 3 is 2.79 bits per heavy atom. The topological polar surface area (TPSA) is 98.5 Å². The number of aryl methyl sites for hydroxylation is 1. The van der Waals surface area contributed by atoms with Gasteiger partial charge in [-0.1, -0.05) is 6.07 Å². The second kappa shape index (κ2) is 8.42. The molecule has 2 unspecified atom stereocenters. The van der Waals surface area contributed by atoms with Gasteiger partial charge in [0.15, 0.2) is 5.82 Å². The van der Waals surface area contributed by atoms with E-state index in [0.29, 0.717) is 12.1 Å². The molecule has 2 bridgehead atoms. The van der Waals surface area contributed by atoms with Crippen LogP contribution in [0.3, 0.4) is 0 Å². The Morgan fingerprint density at radius 1 is 1.09 bits per heavy atom. The van der Waals surface area contributed by atoms with E-state index in [1.165, 1.54) is 0 Å². The van der Waals surface area contributed by atoms with Crippen molar-refractivity contribution in [2.24, 2.45) is 0 Å². The second-order valence-electron chi connectivity index (χ2n) is 8.67. The normalized spacial score (nSPS) is 22.3. The van der Waals surface area contributed by atoms with E-state index in [-0.39, 0.29) is 6.10 Å². The number of anilines is 2. The van der Waals surface area contributed by atoms with Gasteiger partial charge in [0.2, 0.25) is 0 Å². The van der Waals surface area contributed by atoms with E-state index in [1.54, 1.807) is 12.4 Å². The van der Waals surface area contributed by atoms with E-state index < -0.39 is 0 Å². The lowest BCUT2D eigenvalue weighted by molar-refractivity contribution is -0.0122. The van der Waals surface area contributed by atoms with E-state index >= 15 is 0 Å². The Bertz CT molecular complexity index is 1260. The van der Waals surface area contributed by atoms with Crippen molar-refractivity contribution in [3.63, 3.8) is 0 Å². The molecule has 0 spiro atoms. The van der Waals surface area contributed by atoms with E-state index in [1.807, 2.05) is 42.0 Å². The van der Waals surface area contributed by atoms with Gasteiger partial charge in [0, 0.05) is 54.0 Å². The van der Waals surface area contributed by atoms with Crippen LogP contribution in [-0.2, 0) is 4.74 Å². The number of pyridine rings is 2. The molecule has 0 aromatic carbocycles. The molecular weight excluding hydrogens is 418 g/mol. The minimum Gasteiger partial charge on any atom is -0.488 e. The zero-order chi connectivity index (χ0) is 22.2. The van der Waals surface area contributed by atoms with Gasteiger partial charge in [-0.15, -0.1) is 0 Å². The largest absolute Gasteiger partial charge is 0.488 e. The van der Waals surface area contributed by atoms with Crippen LogP contribution in [0.4, 0.5) is 11.5 Å². The molecule has 2 saturated heterocycles. The number of hydrogen-bond donors (Lipinski definition) is 2. The summed E-state index contributed by atoms with van der Waals surface area (Å²) in [7, 11) is 0. The summed E-state index contributed by atoms with van der Waals surface area (Å²) >= 11 is 0. The van der Waals surface area contributed by atoms with Crippen LogP contribution in [0.25, 0.3) is 16.6 Å². The lowest BCUT2D eigenvalue weighted by atomic mass is 9.94. The molecule has 2 aliphatic rings. The van der Waals surface area contributed by atoms with Crippen LogP contribution in [0.2, 0.25) is 0 Å². The molecule has 6 rings (SSSR count). The summed E-state index contributed by atoms with van der Waals surface area (Å²) in [4.78, 5) is 4.53. The maximum Gasteiger partial charge on any atom is 0.153 e. The van der Waals surface area contributed by atoms with E-state index in [4.69, 9.17) is 9.47 Å². The van der Waals surface area contributed by atoms with Gasteiger partial charge in [0.05, 0.1) is 43.0 Å². The van der Waals surface area contributed by atoms with Crippen molar-refractivity contribution in [3.8, 4) is 16.9 Å². The summed E-state index contributed by atoms with van der Waals surface area (Å²) < 4.78 is 14.1. The molecule has 6 heterocycles. The number of nitrogens with one attached hydrogen (secondary N) is 2. The number of rotatable bonds is 5. The van der Waals surface area contributed by atoms with Crippen LogP contribution in [0, 0.1) is 6.92 Å². The first-order chi connectivity index (χ1) is 16.2. The zero-order valence-electron chi connectivity index (χ0n) is 18.3. The fourth-order valence-electron chi connectivity index (χ4n) is 4.73. The van der Waals surface area contributed by atoms with Gasteiger partial charge in [-0.25, -0.2) is 4.52 Å². The SMILES string of the molecule is Cc1cc(-c2cccn3nc(Nc4ccnnc4)cc23)c(OC2CC3COCC(C2)N3)cn1. The molecule has 33 heavy (non-hydrogen) atoms. The van der Waals surface area contributed by atoms with Gasteiger partial charge in [0.25, 0.3) is 0 Å². The molecule has 0 radical (unpaired) electrons. The van der Waals surface area contributed by atoms with E-state index in [9.17, 15) is 0 Å². The third-order valence-electron chi connectivity index (χ3n) is 6.15. The van der Waals surface area contributed by atoms with Gasteiger partial charge in [-0.05, 0) is 25.1 Å². The first kappa shape index (κ1) is 20.1. The highest BCUT2D eigenvalue weighted by atomic mass is 16.5. The lowest BCUT2D eigenvalue weighted by Crippen LogP contribution is -2.56. The van der Waals surface area contributed by atoms with Crippen molar-refractivity contribution in [1.82, 2.24) is 30.1 Å². The molecule has 2 fully saturated rings. The van der Waals surface area contributed by atoms with Gasteiger partial charge < -0.3 is 20.1 Å². The smallest absolute Gasteiger partial charge is 0.153 e. The summed E-state index contributed by atoms with van der Waals surface area (Å²) in [6.45, 7) is 3.49. The Morgan fingerprint density at radius 2 is 1.97 bits per heavy atom. The maximum absolute atomic E-state index is 6.57. The Hall–Kier alpha value is -3.56. The van der Waals surface area contributed by atoms with Crippen molar-refractivity contribution in [1.29, 1.82) is 0 Å². The number of fused-ring (bicyclic) bond motifs is 3. The summed E-state index contributed by atoms with van der Waals surface area (Å²) in [5.41, 5.74) is 4.82. The van der Waals surface area contributed by atoms with E-state index in [0.717, 1.165) is 65.6 Å². The van der Waals surface area contributed by atoms with Gasteiger partial charge in [-0.2, -0.15) is 15.3 Å². The highest BCUT2D eigenvalue weighted by molar-refractivity contribution is 5.85. The first-order valence-corrected chi connectivity index (χ1v) is 11.2. The van der Waals surface area contributed by atoms with Gasteiger partial charge in [-0.3, -0.25) is 4.98 Å². The molecular formula is C24H25N7O2. The van der Waals surface area contributed by atoms with Gasteiger partial charge in [0.1, 0.15) is 11.9 Å². The summed E-state index contributed by atoms with van der Waals surface area (Å²) in [6, 6.07) is 10.8. The standard InChI is InChI=1S/C24H25N7O2/c1-15-7-21(23(12-25-15)33-19-8-17-13-32-14-18(9-19)28-17)20-3-2-6-31-22(20)10-24(30-31)29-16-4-5-26-27-11-16/h2-7,10-12,17-19,28H,8-9,13-14H2,1H3,(H,26,29,30). The van der Waals surface area contributed by atoms with Crippen LogP contribution in [0.5, 0.6) is 5.75 Å². The van der Waals surface area contributed by atoms with Crippen LogP contribution in [0.15, 0.2) is 55.1 Å². The van der Waals surface area contributed by atoms with E-state index in [2.05, 4.69) is 43.0 Å². The predicted octanol–water partition coefficient (Wildman–Crippen LogP) is 3.14. The fourth-order valence-corrected chi connectivity index (χ4v) is 4.73. The molecule has 9 nitrogen and oxygen atoms in total. The molecule has 4 aromatic heterocycles. The van der Waals surface area contributed by atoms with Crippen molar-refractivity contribution >= 4 is 17.0 Å². The first-order valence-electron chi connectivity index (χ1n) is 11.2. The number of hydrogen-bond acceptors (Lipinski definition) is 8. The number of ether oxygens (including phenoxy) is 2. The van der Waals surface area contributed by atoms with Gasteiger partial charge >= 0.3 is 0 Å². The Labute approximate surface area is 191 Å². The third kappa shape index (κ3) is 4.12. The number of piperidine rings is 1. The highest BCUT2D eigenvalue weighted by Crippen LogP contribution is 2.36. The van der Waals surface area contributed by atoms with Crippen LogP contribution >= 0.6 is 0 Å². The van der Waals surface area contributed by atoms with Crippen LogP contribution in [-0.4, -0.2) is 56.2 Å². The van der Waals surface area contributed by atoms with Crippen LogP contribution < -0.4 is 15.4 Å². The molecule has 9 heteroatoms. The third-order valence-corrected chi connectivity index (χ3v) is 6.15. The van der Waals surface area contributed by atoms with Crippen molar-refractivity contribution in [3.05, 3.63) is 60.8 Å². The minimum absolute atomic E-state index is 0.134. The molecule has 0 amide bonds. The lowest BCUT2D eigenvalue weighted by Gasteiger charge is -2.40. The molecule has 2 aliphatic heterocycles.